The minimum absolute atomic E-state index is 0.0231. The Kier molecular flexibility index (Phi) is 8.13. The highest BCUT2D eigenvalue weighted by atomic mass is 16.6. The van der Waals surface area contributed by atoms with Crippen molar-refractivity contribution in [3.63, 3.8) is 0 Å². The minimum atomic E-state index is -1.76. The van der Waals surface area contributed by atoms with Crippen molar-refractivity contribution >= 4 is 11.9 Å². The van der Waals surface area contributed by atoms with Gasteiger partial charge in [-0.3, -0.25) is 0 Å². The third-order valence-corrected chi connectivity index (χ3v) is 4.15. The normalized spacial score (nSPS) is 14.9. The number of phenolic OH excluding ortho intramolecular Hbond substituents is 2. The fourth-order valence-corrected chi connectivity index (χ4v) is 2.52. The minimum Gasteiger partial charge on any atom is -0.508 e. The Balaban J connectivity index is 2.27. The summed E-state index contributed by atoms with van der Waals surface area (Å²) in [5.41, 5.74) is -0.0462. The standard InChI is InChI=1S/C20H22O10/c21-9-15(25)17(29-19(27)11-1-5-13(23)6-2-11)18(16(26)10-22)30-20(28)12-3-7-14(24)8-4-12/h1-8,15-18,21-26H,9-10H2. The molecule has 0 radical (unpaired) electrons. The van der Waals surface area contributed by atoms with E-state index in [9.17, 15) is 40.2 Å². The number of aliphatic hydroxyl groups is 4. The summed E-state index contributed by atoms with van der Waals surface area (Å²) < 4.78 is 10.3. The maximum absolute atomic E-state index is 12.4. The fourth-order valence-electron chi connectivity index (χ4n) is 2.52. The Morgan fingerprint density at radius 2 is 0.967 bits per heavy atom. The van der Waals surface area contributed by atoms with E-state index in [1.165, 1.54) is 48.5 Å². The van der Waals surface area contributed by atoms with Gasteiger partial charge in [-0.15, -0.1) is 0 Å². The van der Waals surface area contributed by atoms with Crippen LogP contribution >= 0.6 is 0 Å². The number of aliphatic hydroxyl groups excluding tert-OH is 4. The van der Waals surface area contributed by atoms with Crippen LogP contribution in [0.15, 0.2) is 48.5 Å². The summed E-state index contributed by atoms with van der Waals surface area (Å²) in [5, 5.41) is 57.5. The number of carbonyl (C=O) groups is 2. The van der Waals surface area contributed by atoms with Gasteiger partial charge < -0.3 is 40.1 Å². The van der Waals surface area contributed by atoms with Crippen LogP contribution < -0.4 is 0 Å². The zero-order valence-corrected chi connectivity index (χ0v) is 15.7. The Labute approximate surface area is 171 Å². The maximum atomic E-state index is 12.4. The summed E-state index contributed by atoms with van der Waals surface area (Å²) in [6.45, 7) is -1.81. The molecule has 0 saturated carbocycles. The van der Waals surface area contributed by atoms with E-state index in [1.54, 1.807) is 0 Å². The third kappa shape index (κ3) is 5.91. The molecule has 6 N–H and O–H groups in total. The average Bonchev–Trinajstić information content (AvgIpc) is 2.75. The second-order valence-corrected chi connectivity index (χ2v) is 6.33. The van der Waals surface area contributed by atoms with Crippen molar-refractivity contribution in [1.29, 1.82) is 0 Å². The van der Waals surface area contributed by atoms with Crippen LogP contribution in [0.25, 0.3) is 0 Å². The molecule has 0 heterocycles. The molecule has 2 aromatic rings. The predicted octanol–water partition coefficient (Wildman–Crippen LogP) is -0.445. The van der Waals surface area contributed by atoms with Gasteiger partial charge in [0.25, 0.3) is 0 Å². The molecule has 2 rings (SSSR count). The number of ether oxygens (including phenoxy) is 2. The number of hydrogen-bond acceptors (Lipinski definition) is 10. The largest absolute Gasteiger partial charge is 0.508 e. The molecule has 162 valence electrons. The Hall–Kier alpha value is -3.18. The Morgan fingerprint density at radius 3 is 1.23 bits per heavy atom. The van der Waals surface area contributed by atoms with E-state index < -0.39 is 49.6 Å². The number of benzene rings is 2. The molecule has 0 amide bonds. The van der Waals surface area contributed by atoms with Gasteiger partial charge >= 0.3 is 11.9 Å². The smallest absolute Gasteiger partial charge is 0.338 e. The molecule has 0 spiro atoms. The highest BCUT2D eigenvalue weighted by Gasteiger charge is 2.39. The zero-order chi connectivity index (χ0) is 22.3. The van der Waals surface area contributed by atoms with Crippen molar-refractivity contribution in [3.8, 4) is 11.5 Å². The van der Waals surface area contributed by atoms with Crippen molar-refractivity contribution in [2.75, 3.05) is 13.2 Å². The van der Waals surface area contributed by atoms with Crippen LogP contribution in [0.3, 0.4) is 0 Å². The number of hydrogen-bond donors (Lipinski definition) is 6. The molecular weight excluding hydrogens is 400 g/mol. The molecule has 0 aliphatic heterocycles. The van der Waals surface area contributed by atoms with Crippen molar-refractivity contribution in [2.45, 2.75) is 24.4 Å². The Bertz CT molecular complexity index is 762. The topological polar surface area (TPSA) is 174 Å². The lowest BCUT2D eigenvalue weighted by Crippen LogP contribution is -2.51. The highest BCUT2D eigenvalue weighted by molar-refractivity contribution is 5.90. The lowest BCUT2D eigenvalue weighted by atomic mass is 10.0. The molecule has 10 nitrogen and oxygen atoms in total. The first-order valence-corrected chi connectivity index (χ1v) is 8.84. The van der Waals surface area contributed by atoms with Gasteiger partial charge in [0.15, 0.2) is 12.2 Å². The van der Waals surface area contributed by atoms with E-state index in [1.807, 2.05) is 0 Å². The summed E-state index contributed by atoms with van der Waals surface area (Å²) in [7, 11) is 0. The SMILES string of the molecule is O=C(OC(C(O)CO)C(OC(=O)c1ccc(O)cc1)C(O)CO)c1ccc(O)cc1. The van der Waals surface area contributed by atoms with E-state index >= 15 is 0 Å². The van der Waals surface area contributed by atoms with Gasteiger partial charge in [-0.1, -0.05) is 0 Å². The summed E-state index contributed by atoms with van der Waals surface area (Å²) >= 11 is 0. The monoisotopic (exact) mass is 422 g/mol. The summed E-state index contributed by atoms with van der Waals surface area (Å²) in [4.78, 5) is 24.8. The van der Waals surface area contributed by atoms with E-state index in [0.29, 0.717) is 0 Å². The second kappa shape index (κ2) is 10.6. The van der Waals surface area contributed by atoms with E-state index in [0.717, 1.165) is 0 Å². The van der Waals surface area contributed by atoms with E-state index in [2.05, 4.69) is 0 Å². The summed E-state index contributed by atoms with van der Waals surface area (Å²) in [6, 6.07) is 9.83. The van der Waals surface area contributed by atoms with Crippen molar-refractivity contribution < 1.29 is 49.7 Å². The molecule has 4 unspecified atom stereocenters. The fraction of sp³-hybridized carbons (Fsp3) is 0.300. The molecule has 10 heteroatoms. The van der Waals surface area contributed by atoms with E-state index in [-0.39, 0.29) is 22.6 Å². The lowest BCUT2D eigenvalue weighted by molar-refractivity contribution is -0.132. The van der Waals surface area contributed by atoms with Crippen molar-refractivity contribution in [1.82, 2.24) is 0 Å². The van der Waals surface area contributed by atoms with Gasteiger partial charge in [-0.05, 0) is 48.5 Å². The molecule has 0 aromatic heterocycles. The van der Waals surface area contributed by atoms with Gasteiger partial charge in [0.1, 0.15) is 23.7 Å². The van der Waals surface area contributed by atoms with Crippen LogP contribution in [0, 0.1) is 0 Å². The van der Waals surface area contributed by atoms with Gasteiger partial charge in [0, 0.05) is 0 Å². The predicted molar refractivity (Wildman–Crippen MR) is 101 cm³/mol. The Morgan fingerprint density at radius 1 is 0.667 bits per heavy atom. The van der Waals surface area contributed by atoms with E-state index in [4.69, 9.17) is 9.47 Å². The van der Waals surface area contributed by atoms with Crippen LogP contribution in [-0.2, 0) is 9.47 Å². The maximum Gasteiger partial charge on any atom is 0.338 e. The number of esters is 2. The van der Waals surface area contributed by atoms with Gasteiger partial charge in [0.2, 0.25) is 0 Å². The molecule has 0 saturated heterocycles. The molecule has 30 heavy (non-hydrogen) atoms. The van der Waals surface area contributed by atoms with Crippen LogP contribution in [0.4, 0.5) is 0 Å². The summed E-state index contributed by atoms with van der Waals surface area (Å²) in [5.74, 6) is -2.20. The number of carbonyl (C=O) groups excluding carboxylic acids is 2. The first kappa shape index (κ1) is 23.1. The van der Waals surface area contributed by atoms with Crippen LogP contribution in [-0.4, -0.2) is 80.2 Å². The molecule has 0 fully saturated rings. The molecule has 0 bridgehead atoms. The molecule has 2 aromatic carbocycles. The van der Waals surface area contributed by atoms with Crippen LogP contribution in [0.1, 0.15) is 20.7 Å². The van der Waals surface area contributed by atoms with Crippen LogP contribution in [0.5, 0.6) is 11.5 Å². The quantitative estimate of drug-likeness (QED) is 0.291. The molecule has 0 aliphatic rings. The van der Waals surface area contributed by atoms with Gasteiger partial charge in [-0.25, -0.2) is 9.59 Å². The molecule has 0 aliphatic carbocycles. The summed E-state index contributed by atoms with van der Waals surface area (Å²) in [6.07, 6.45) is -6.99. The first-order chi connectivity index (χ1) is 14.3. The van der Waals surface area contributed by atoms with Gasteiger partial charge in [0.05, 0.1) is 24.3 Å². The highest BCUT2D eigenvalue weighted by Crippen LogP contribution is 2.20. The number of rotatable bonds is 9. The van der Waals surface area contributed by atoms with Crippen LogP contribution in [0.2, 0.25) is 0 Å². The van der Waals surface area contributed by atoms with Crippen molar-refractivity contribution in [3.05, 3.63) is 59.7 Å². The van der Waals surface area contributed by atoms with Gasteiger partial charge in [-0.2, -0.15) is 0 Å². The van der Waals surface area contributed by atoms with Crippen molar-refractivity contribution in [2.24, 2.45) is 0 Å². The molecule has 4 atom stereocenters. The third-order valence-electron chi connectivity index (χ3n) is 4.15. The zero-order valence-electron chi connectivity index (χ0n) is 15.7. The number of phenols is 2. The number of aromatic hydroxyl groups is 2. The molecular formula is C20H22O10. The first-order valence-electron chi connectivity index (χ1n) is 8.84. The second-order valence-electron chi connectivity index (χ2n) is 6.33. The average molecular weight is 422 g/mol. The lowest BCUT2D eigenvalue weighted by Gasteiger charge is -2.32.